The van der Waals surface area contributed by atoms with E-state index in [9.17, 15) is 9.59 Å². The van der Waals surface area contributed by atoms with Crippen molar-refractivity contribution in [2.75, 3.05) is 11.4 Å². The third-order valence-corrected chi connectivity index (χ3v) is 2.91. The first-order valence-electron chi connectivity index (χ1n) is 5.92. The molecule has 0 fully saturated rings. The Labute approximate surface area is 121 Å². The molecule has 4 nitrogen and oxygen atoms in total. The number of nitrogens with zero attached hydrogens (tertiary/aromatic N) is 1. The van der Waals surface area contributed by atoms with Crippen LogP contribution in [-0.4, -0.2) is 23.5 Å². The molecule has 0 saturated heterocycles. The Bertz CT molecular complexity index is 628. The fraction of sp³-hybridized carbons (Fsp3) is 0.0667. The van der Waals surface area contributed by atoms with E-state index in [4.69, 9.17) is 16.7 Å². The molecule has 102 valence electrons. The zero-order chi connectivity index (χ0) is 14.5. The number of halogens is 1. The highest BCUT2D eigenvalue weighted by Crippen LogP contribution is 2.18. The summed E-state index contributed by atoms with van der Waals surface area (Å²) < 4.78 is 0. The van der Waals surface area contributed by atoms with Gasteiger partial charge in [-0.25, -0.2) is 0 Å². The highest BCUT2D eigenvalue weighted by atomic mass is 35.5. The Morgan fingerprint density at radius 3 is 2.35 bits per heavy atom. The van der Waals surface area contributed by atoms with Gasteiger partial charge in [0.05, 0.1) is 0 Å². The minimum absolute atomic E-state index is 0.350. The van der Waals surface area contributed by atoms with Crippen molar-refractivity contribution >= 4 is 29.2 Å². The van der Waals surface area contributed by atoms with Crippen molar-refractivity contribution in [2.45, 2.75) is 0 Å². The van der Waals surface area contributed by atoms with Gasteiger partial charge in [-0.2, -0.15) is 0 Å². The first-order chi connectivity index (χ1) is 9.58. The van der Waals surface area contributed by atoms with Gasteiger partial charge in [-0.15, -0.1) is 0 Å². The number of amides is 1. The standard InChI is InChI=1S/C15H12ClNO3/c16-12-6-4-5-11(9-12)15(20)17(10-14(18)19)13-7-2-1-3-8-13/h1-9H,10H2,(H,18,19). The molecule has 0 heterocycles. The maximum absolute atomic E-state index is 12.4. The summed E-state index contributed by atoms with van der Waals surface area (Å²) in [4.78, 5) is 24.6. The summed E-state index contributed by atoms with van der Waals surface area (Å²) in [5.41, 5.74) is 0.877. The van der Waals surface area contributed by atoms with Gasteiger partial charge in [-0.05, 0) is 30.3 Å². The van der Waals surface area contributed by atoms with Gasteiger partial charge in [0.15, 0.2) is 0 Å². The van der Waals surface area contributed by atoms with E-state index in [0.29, 0.717) is 16.3 Å². The second-order valence-corrected chi connectivity index (χ2v) is 4.57. The Balaban J connectivity index is 2.36. The summed E-state index contributed by atoms with van der Waals surface area (Å²) in [7, 11) is 0. The number of anilines is 1. The monoisotopic (exact) mass is 289 g/mol. The zero-order valence-electron chi connectivity index (χ0n) is 10.5. The summed E-state index contributed by atoms with van der Waals surface area (Å²) in [6.07, 6.45) is 0. The molecule has 0 saturated carbocycles. The van der Waals surface area contributed by atoms with Gasteiger partial charge in [0.25, 0.3) is 5.91 Å². The van der Waals surface area contributed by atoms with Crippen molar-refractivity contribution in [2.24, 2.45) is 0 Å². The molecule has 20 heavy (non-hydrogen) atoms. The van der Waals surface area contributed by atoms with Crippen LogP contribution in [0.5, 0.6) is 0 Å². The molecule has 0 spiro atoms. The van der Waals surface area contributed by atoms with Crippen LogP contribution in [0.1, 0.15) is 10.4 Å². The number of para-hydroxylation sites is 1. The first kappa shape index (κ1) is 14.1. The van der Waals surface area contributed by atoms with E-state index >= 15 is 0 Å². The molecule has 2 aromatic carbocycles. The SMILES string of the molecule is O=C(O)CN(C(=O)c1cccc(Cl)c1)c1ccccc1. The highest BCUT2D eigenvalue weighted by Gasteiger charge is 2.20. The highest BCUT2D eigenvalue weighted by molar-refractivity contribution is 6.31. The van der Waals surface area contributed by atoms with Gasteiger partial charge in [0.1, 0.15) is 6.54 Å². The van der Waals surface area contributed by atoms with Crippen LogP contribution in [0.25, 0.3) is 0 Å². The normalized spacial score (nSPS) is 10.1. The Hall–Kier alpha value is -2.33. The fourth-order valence-electron chi connectivity index (χ4n) is 1.80. The molecule has 0 atom stereocenters. The van der Waals surface area contributed by atoms with Gasteiger partial charge >= 0.3 is 5.97 Å². The molecule has 5 heteroatoms. The molecule has 1 amide bonds. The van der Waals surface area contributed by atoms with Gasteiger partial charge in [-0.3, -0.25) is 14.5 Å². The van der Waals surface area contributed by atoms with E-state index in [1.165, 1.54) is 11.0 Å². The summed E-state index contributed by atoms with van der Waals surface area (Å²) >= 11 is 5.86. The molecule has 0 aliphatic carbocycles. The molecule has 0 bridgehead atoms. The molecule has 0 aromatic heterocycles. The van der Waals surface area contributed by atoms with Crippen LogP contribution in [0.3, 0.4) is 0 Å². The summed E-state index contributed by atoms with van der Waals surface area (Å²) in [5, 5.41) is 9.41. The van der Waals surface area contributed by atoms with Crippen LogP contribution >= 0.6 is 11.6 Å². The van der Waals surface area contributed by atoms with Gasteiger partial charge < -0.3 is 5.11 Å². The lowest BCUT2D eigenvalue weighted by atomic mass is 10.2. The third kappa shape index (κ3) is 3.36. The summed E-state index contributed by atoms with van der Waals surface area (Å²) in [5.74, 6) is -1.48. The second kappa shape index (κ2) is 6.21. The quantitative estimate of drug-likeness (QED) is 0.941. The van der Waals surface area contributed by atoms with Crippen molar-refractivity contribution in [1.82, 2.24) is 0 Å². The van der Waals surface area contributed by atoms with E-state index in [-0.39, 0.29) is 0 Å². The number of carbonyl (C=O) groups is 2. The van der Waals surface area contributed by atoms with E-state index in [2.05, 4.69) is 0 Å². The van der Waals surface area contributed by atoms with Gasteiger partial charge in [-0.1, -0.05) is 35.9 Å². The van der Waals surface area contributed by atoms with Crippen LogP contribution in [0.2, 0.25) is 5.02 Å². The topological polar surface area (TPSA) is 57.6 Å². The molecular formula is C15H12ClNO3. The van der Waals surface area contributed by atoms with E-state index < -0.39 is 18.4 Å². The number of carboxylic acid groups (broad SMARTS) is 1. The number of rotatable bonds is 4. The second-order valence-electron chi connectivity index (χ2n) is 4.13. The van der Waals surface area contributed by atoms with E-state index in [1.807, 2.05) is 0 Å². The van der Waals surface area contributed by atoms with Crippen LogP contribution in [0.4, 0.5) is 5.69 Å². The predicted octanol–water partition coefficient (Wildman–Crippen LogP) is 3.07. The van der Waals surface area contributed by atoms with Crippen LogP contribution in [0.15, 0.2) is 54.6 Å². The maximum Gasteiger partial charge on any atom is 0.323 e. The smallest absolute Gasteiger partial charge is 0.323 e. The number of aliphatic carboxylic acids is 1. The maximum atomic E-state index is 12.4. The minimum Gasteiger partial charge on any atom is -0.480 e. The van der Waals surface area contributed by atoms with Crippen molar-refractivity contribution in [3.05, 3.63) is 65.2 Å². The Morgan fingerprint density at radius 2 is 1.75 bits per heavy atom. The molecule has 2 rings (SSSR count). The van der Waals surface area contributed by atoms with E-state index in [1.54, 1.807) is 48.5 Å². The lowest BCUT2D eigenvalue weighted by Crippen LogP contribution is -2.35. The van der Waals surface area contributed by atoms with E-state index in [0.717, 1.165) is 0 Å². The van der Waals surface area contributed by atoms with Crippen molar-refractivity contribution in [1.29, 1.82) is 0 Å². The Kier molecular flexibility index (Phi) is 4.38. The fourth-order valence-corrected chi connectivity index (χ4v) is 1.99. The lowest BCUT2D eigenvalue weighted by Gasteiger charge is -2.21. The van der Waals surface area contributed by atoms with Crippen molar-refractivity contribution < 1.29 is 14.7 Å². The average molecular weight is 290 g/mol. The first-order valence-corrected chi connectivity index (χ1v) is 6.30. The van der Waals surface area contributed by atoms with Gasteiger partial charge in [0.2, 0.25) is 0 Å². The van der Waals surface area contributed by atoms with Crippen molar-refractivity contribution in [3.8, 4) is 0 Å². The van der Waals surface area contributed by atoms with Gasteiger partial charge in [0, 0.05) is 16.3 Å². The Morgan fingerprint density at radius 1 is 1.05 bits per heavy atom. The minimum atomic E-state index is -1.08. The molecule has 0 aliphatic heterocycles. The molecule has 0 aliphatic rings. The number of hydrogen-bond donors (Lipinski definition) is 1. The number of carbonyl (C=O) groups excluding carboxylic acids is 1. The molecule has 1 N–H and O–H groups in total. The molecule has 0 unspecified atom stereocenters. The van der Waals surface area contributed by atoms with Crippen LogP contribution in [0, 0.1) is 0 Å². The van der Waals surface area contributed by atoms with Crippen LogP contribution in [-0.2, 0) is 4.79 Å². The number of hydrogen-bond acceptors (Lipinski definition) is 2. The summed E-state index contributed by atoms with van der Waals surface area (Å²) in [6, 6.07) is 15.1. The largest absolute Gasteiger partial charge is 0.480 e. The van der Waals surface area contributed by atoms with Crippen LogP contribution < -0.4 is 4.90 Å². The predicted molar refractivity (Wildman–Crippen MR) is 77.2 cm³/mol. The average Bonchev–Trinajstić information content (AvgIpc) is 2.45. The van der Waals surface area contributed by atoms with Crippen molar-refractivity contribution in [3.63, 3.8) is 0 Å². The molecular weight excluding hydrogens is 278 g/mol. The number of carboxylic acids is 1. The molecule has 0 radical (unpaired) electrons. The lowest BCUT2D eigenvalue weighted by molar-refractivity contribution is -0.135. The zero-order valence-corrected chi connectivity index (χ0v) is 11.2. The summed E-state index contributed by atoms with van der Waals surface area (Å²) in [6.45, 7) is -0.407. The third-order valence-electron chi connectivity index (χ3n) is 2.68. The molecule has 2 aromatic rings. The number of benzene rings is 2.